The van der Waals surface area contributed by atoms with E-state index < -0.39 is 0 Å². The Labute approximate surface area is 116 Å². The van der Waals surface area contributed by atoms with E-state index in [4.69, 9.17) is 33.7 Å². The fourth-order valence-electron chi connectivity index (χ4n) is 1.59. The molecule has 0 fully saturated rings. The largest absolute Gasteiger partial charge is 0.484 e. The highest BCUT2D eigenvalue weighted by atomic mass is 35.5. The van der Waals surface area contributed by atoms with Gasteiger partial charge >= 0.3 is 0 Å². The second-order valence-corrected chi connectivity index (χ2v) is 4.85. The van der Waals surface area contributed by atoms with Crippen molar-refractivity contribution in [2.24, 2.45) is 0 Å². The first kappa shape index (κ1) is 13.1. The van der Waals surface area contributed by atoms with Crippen LogP contribution >= 0.6 is 23.2 Å². The molecule has 1 unspecified atom stereocenters. The van der Waals surface area contributed by atoms with E-state index in [1.165, 1.54) is 0 Å². The van der Waals surface area contributed by atoms with Crippen molar-refractivity contribution in [3.05, 3.63) is 58.1 Å². The average molecular weight is 282 g/mol. The van der Waals surface area contributed by atoms with Crippen LogP contribution < -0.4 is 10.5 Å². The maximum atomic E-state index is 6.05. The normalized spacial score (nSPS) is 12.2. The molecule has 0 aliphatic rings. The van der Waals surface area contributed by atoms with Crippen molar-refractivity contribution >= 4 is 28.9 Å². The van der Waals surface area contributed by atoms with E-state index in [0.29, 0.717) is 15.8 Å². The van der Waals surface area contributed by atoms with Gasteiger partial charge in [-0.15, -0.1) is 0 Å². The Bertz CT molecular complexity index is 540. The minimum Gasteiger partial charge on any atom is -0.484 e. The molecule has 0 heterocycles. The predicted octanol–water partition coefficient (Wildman–Crippen LogP) is 4.72. The van der Waals surface area contributed by atoms with Gasteiger partial charge in [0, 0.05) is 16.8 Å². The highest BCUT2D eigenvalue weighted by molar-refractivity contribution is 6.34. The number of ether oxygens (including phenoxy) is 1. The molecule has 0 saturated heterocycles. The number of hydrogen-bond acceptors (Lipinski definition) is 2. The molecule has 2 aromatic carbocycles. The summed E-state index contributed by atoms with van der Waals surface area (Å²) in [5.74, 6) is 0.577. The summed E-state index contributed by atoms with van der Waals surface area (Å²) in [5, 5.41) is 1.14. The fourth-order valence-corrected chi connectivity index (χ4v) is 1.92. The SMILES string of the molecule is CC(Oc1cc(Cl)ccc1Cl)c1ccc(N)cc1. The van der Waals surface area contributed by atoms with Crippen LogP contribution in [0.15, 0.2) is 42.5 Å². The summed E-state index contributed by atoms with van der Waals surface area (Å²) in [6.07, 6.45) is -0.124. The molecule has 1 atom stereocenters. The van der Waals surface area contributed by atoms with Gasteiger partial charge in [0.2, 0.25) is 0 Å². The zero-order valence-corrected chi connectivity index (χ0v) is 11.4. The van der Waals surface area contributed by atoms with E-state index in [9.17, 15) is 0 Å². The Balaban J connectivity index is 2.18. The molecule has 2 N–H and O–H groups in total. The van der Waals surface area contributed by atoms with Crippen molar-refractivity contribution in [1.82, 2.24) is 0 Å². The second kappa shape index (κ2) is 5.51. The van der Waals surface area contributed by atoms with E-state index in [-0.39, 0.29) is 6.10 Å². The average Bonchev–Trinajstić information content (AvgIpc) is 2.34. The molecule has 94 valence electrons. The van der Waals surface area contributed by atoms with Crippen molar-refractivity contribution < 1.29 is 4.74 Å². The molecule has 4 heteroatoms. The van der Waals surface area contributed by atoms with Crippen LogP contribution in [0.1, 0.15) is 18.6 Å². The second-order valence-electron chi connectivity index (χ2n) is 4.00. The van der Waals surface area contributed by atoms with Crippen LogP contribution in [0.25, 0.3) is 0 Å². The zero-order chi connectivity index (χ0) is 13.1. The molecule has 0 spiro atoms. The summed E-state index contributed by atoms with van der Waals surface area (Å²) >= 11 is 12.0. The molecule has 0 aliphatic heterocycles. The number of nitrogen functional groups attached to an aromatic ring is 1. The standard InChI is InChI=1S/C14H13Cl2NO/c1-9(10-2-5-12(17)6-3-10)18-14-8-11(15)4-7-13(14)16/h2-9H,17H2,1H3. The van der Waals surface area contributed by atoms with Gasteiger partial charge in [-0.05, 0) is 36.8 Å². The number of anilines is 1. The lowest BCUT2D eigenvalue weighted by atomic mass is 10.1. The smallest absolute Gasteiger partial charge is 0.140 e. The van der Waals surface area contributed by atoms with Crippen molar-refractivity contribution in [2.75, 3.05) is 5.73 Å². The highest BCUT2D eigenvalue weighted by Gasteiger charge is 2.10. The van der Waals surface area contributed by atoms with Gasteiger partial charge in [0.1, 0.15) is 11.9 Å². The molecular formula is C14H13Cl2NO. The fraction of sp³-hybridized carbons (Fsp3) is 0.143. The van der Waals surface area contributed by atoms with Gasteiger partial charge in [-0.3, -0.25) is 0 Å². The molecule has 0 amide bonds. The van der Waals surface area contributed by atoms with Crippen molar-refractivity contribution in [2.45, 2.75) is 13.0 Å². The van der Waals surface area contributed by atoms with Gasteiger partial charge in [-0.1, -0.05) is 35.3 Å². The summed E-state index contributed by atoms with van der Waals surface area (Å²) < 4.78 is 5.79. The first-order chi connectivity index (χ1) is 8.56. The number of hydrogen-bond donors (Lipinski definition) is 1. The van der Waals surface area contributed by atoms with Crippen molar-refractivity contribution in [3.8, 4) is 5.75 Å². The highest BCUT2D eigenvalue weighted by Crippen LogP contribution is 2.31. The number of benzene rings is 2. The third-order valence-electron chi connectivity index (χ3n) is 2.60. The molecule has 2 nitrogen and oxygen atoms in total. The van der Waals surface area contributed by atoms with Gasteiger partial charge < -0.3 is 10.5 Å². The van der Waals surface area contributed by atoms with E-state index in [1.54, 1.807) is 18.2 Å². The molecule has 2 rings (SSSR count). The summed E-state index contributed by atoms with van der Waals surface area (Å²) in [4.78, 5) is 0. The maximum absolute atomic E-state index is 6.05. The lowest BCUT2D eigenvalue weighted by molar-refractivity contribution is 0.227. The lowest BCUT2D eigenvalue weighted by Crippen LogP contribution is -2.03. The van der Waals surface area contributed by atoms with Crippen molar-refractivity contribution in [1.29, 1.82) is 0 Å². The summed E-state index contributed by atoms with van der Waals surface area (Å²) in [5.41, 5.74) is 7.40. The van der Waals surface area contributed by atoms with Crippen LogP contribution in [0.3, 0.4) is 0 Å². The zero-order valence-electron chi connectivity index (χ0n) is 9.86. The third kappa shape index (κ3) is 3.09. The minimum absolute atomic E-state index is 0.124. The molecule has 0 radical (unpaired) electrons. The maximum Gasteiger partial charge on any atom is 0.140 e. The first-order valence-corrected chi connectivity index (χ1v) is 6.29. The molecular weight excluding hydrogens is 269 g/mol. The Morgan fingerprint density at radius 3 is 2.39 bits per heavy atom. The number of rotatable bonds is 3. The molecule has 0 bridgehead atoms. The topological polar surface area (TPSA) is 35.2 Å². The molecule has 2 aromatic rings. The summed E-state index contributed by atoms with van der Waals surface area (Å²) in [7, 11) is 0. The van der Waals surface area contributed by atoms with Crippen LogP contribution in [0, 0.1) is 0 Å². The summed E-state index contributed by atoms with van der Waals surface area (Å²) in [6.45, 7) is 1.95. The third-order valence-corrected chi connectivity index (χ3v) is 3.15. The van der Waals surface area contributed by atoms with Crippen LogP contribution in [0.2, 0.25) is 10.0 Å². The van der Waals surface area contributed by atoms with Gasteiger partial charge in [0.25, 0.3) is 0 Å². The lowest BCUT2D eigenvalue weighted by Gasteiger charge is -2.16. The molecule has 0 saturated carbocycles. The van der Waals surface area contributed by atoms with E-state index in [2.05, 4.69) is 0 Å². The van der Waals surface area contributed by atoms with Crippen LogP contribution in [-0.4, -0.2) is 0 Å². The quantitative estimate of drug-likeness (QED) is 0.827. The van der Waals surface area contributed by atoms with Gasteiger partial charge in [-0.2, -0.15) is 0 Å². The molecule has 0 aromatic heterocycles. The Kier molecular flexibility index (Phi) is 4.00. The van der Waals surface area contributed by atoms with Crippen LogP contribution in [-0.2, 0) is 0 Å². The molecule has 18 heavy (non-hydrogen) atoms. The minimum atomic E-state index is -0.124. The Hall–Kier alpha value is -1.38. The van der Waals surface area contributed by atoms with Crippen LogP contribution in [0.4, 0.5) is 5.69 Å². The first-order valence-electron chi connectivity index (χ1n) is 5.53. The van der Waals surface area contributed by atoms with Crippen LogP contribution in [0.5, 0.6) is 5.75 Å². The Morgan fingerprint density at radius 1 is 1.06 bits per heavy atom. The monoisotopic (exact) mass is 281 g/mol. The van der Waals surface area contributed by atoms with E-state index >= 15 is 0 Å². The number of halogens is 2. The van der Waals surface area contributed by atoms with Gasteiger partial charge in [-0.25, -0.2) is 0 Å². The van der Waals surface area contributed by atoms with E-state index in [0.717, 1.165) is 11.3 Å². The predicted molar refractivity (Wildman–Crippen MR) is 76.4 cm³/mol. The molecule has 0 aliphatic carbocycles. The number of nitrogens with two attached hydrogens (primary N) is 1. The Morgan fingerprint density at radius 2 is 1.72 bits per heavy atom. The van der Waals surface area contributed by atoms with Crippen molar-refractivity contribution in [3.63, 3.8) is 0 Å². The van der Waals surface area contributed by atoms with E-state index in [1.807, 2.05) is 31.2 Å². The summed E-state index contributed by atoms with van der Waals surface area (Å²) in [6, 6.07) is 12.7. The van der Waals surface area contributed by atoms with Gasteiger partial charge in [0.05, 0.1) is 5.02 Å². The van der Waals surface area contributed by atoms with Gasteiger partial charge in [0.15, 0.2) is 0 Å².